The molecule has 5 aromatic rings. The lowest BCUT2D eigenvalue weighted by molar-refractivity contribution is -0.113. The first-order valence-electron chi connectivity index (χ1n) is 9.64. The normalized spacial score (nSPS) is 11.2. The van der Waals surface area contributed by atoms with E-state index in [1.807, 2.05) is 18.2 Å². The van der Waals surface area contributed by atoms with E-state index < -0.39 is 17.2 Å². The van der Waals surface area contributed by atoms with Crippen LogP contribution in [0.5, 0.6) is 0 Å². The third-order valence-electron chi connectivity index (χ3n) is 4.71. The number of aromatic nitrogens is 6. The zero-order chi connectivity index (χ0) is 22.9. The van der Waals surface area contributed by atoms with Gasteiger partial charge in [-0.25, -0.2) is 14.3 Å². The summed E-state index contributed by atoms with van der Waals surface area (Å²) in [7, 11) is 0. The summed E-state index contributed by atoms with van der Waals surface area (Å²) >= 11 is 4.53. The van der Waals surface area contributed by atoms with Gasteiger partial charge in [-0.3, -0.25) is 14.6 Å². The van der Waals surface area contributed by atoms with Crippen molar-refractivity contribution in [2.75, 3.05) is 11.1 Å². The minimum Gasteiger partial charge on any atom is -0.338 e. The van der Waals surface area contributed by atoms with Crippen LogP contribution in [0.4, 0.5) is 5.82 Å². The first kappa shape index (κ1) is 21.1. The molecule has 10 nitrogen and oxygen atoms in total. The number of amides is 1. The van der Waals surface area contributed by atoms with E-state index >= 15 is 0 Å². The molecule has 3 heterocycles. The molecule has 2 aromatic carbocycles. The number of fused-ring (bicyclic) bond motifs is 3. The highest BCUT2D eigenvalue weighted by molar-refractivity contribution is 9.10. The number of hydrogen-bond donors (Lipinski definition) is 3. The first-order valence-corrected chi connectivity index (χ1v) is 11.4. The van der Waals surface area contributed by atoms with Crippen molar-refractivity contribution >= 4 is 61.5 Å². The second-order valence-corrected chi connectivity index (χ2v) is 8.80. The molecule has 0 aliphatic rings. The molecule has 1 amide bonds. The Morgan fingerprint density at radius 3 is 2.70 bits per heavy atom. The third-order valence-corrected chi connectivity index (χ3v) is 6.04. The van der Waals surface area contributed by atoms with Gasteiger partial charge >= 0.3 is 5.69 Å². The summed E-state index contributed by atoms with van der Waals surface area (Å²) in [5.74, 6) is -0.412. The Hall–Kier alpha value is -3.77. The highest BCUT2D eigenvalue weighted by atomic mass is 79.9. The van der Waals surface area contributed by atoms with Gasteiger partial charge in [-0.15, -0.1) is 10.2 Å². The van der Waals surface area contributed by atoms with Crippen LogP contribution >= 0.6 is 27.7 Å². The molecule has 12 heteroatoms. The molecule has 5 rings (SSSR count). The number of anilines is 1. The van der Waals surface area contributed by atoms with Crippen molar-refractivity contribution in [3.63, 3.8) is 0 Å². The second kappa shape index (κ2) is 8.64. The number of benzene rings is 2. The maximum Gasteiger partial charge on any atom is 0.334 e. The van der Waals surface area contributed by atoms with Gasteiger partial charge in [-0.1, -0.05) is 45.9 Å². The lowest BCUT2D eigenvalue weighted by Crippen LogP contribution is -2.32. The Morgan fingerprint density at radius 2 is 1.88 bits per heavy atom. The van der Waals surface area contributed by atoms with Crippen molar-refractivity contribution in [3.05, 3.63) is 79.9 Å². The summed E-state index contributed by atoms with van der Waals surface area (Å²) in [4.78, 5) is 46.6. The van der Waals surface area contributed by atoms with E-state index in [0.29, 0.717) is 22.0 Å². The van der Waals surface area contributed by atoms with Crippen molar-refractivity contribution < 1.29 is 4.79 Å². The molecule has 0 unspecified atom stereocenters. The van der Waals surface area contributed by atoms with Gasteiger partial charge < -0.3 is 10.3 Å². The second-order valence-electron chi connectivity index (χ2n) is 6.94. The molecule has 0 fully saturated rings. The van der Waals surface area contributed by atoms with Gasteiger partial charge in [0.05, 0.1) is 11.4 Å². The fraction of sp³-hybridized carbons (Fsp3) is 0.0476. The van der Waals surface area contributed by atoms with Crippen LogP contribution in [0.2, 0.25) is 0 Å². The van der Waals surface area contributed by atoms with E-state index in [0.717, 1.165) is 33.2 Å². The van der Waals surface area contributed by atoms with Crippen LogP contribution in [0, 0.1) is 0 Å². The SMILES string of the molecule is O=C(CSc1nnc2c(n1)[nH]c1ccc(Br)cc12)Nc1cc(=O)[nH]c(=O)n1-c1ccccc1. The van der Waals surface area contributed by atoms with Crippen LogP contribution in [-0.4, -0.2) is 41.4 Å². The Labute approximate surface area is 197 Å². The Morgan fingerprint density at radius 1 is 1.06 bits per heavy atom. The maximum absolute atomic E-state index is 12.6. The lowest BCUT2D eigenvalue weighted by Gasteiger charge is -2.12. The van der Waals surface area contributed by atoms with Crippen molar-refractivity contribution in [3.8, 4) is 5.69 Å². The molecule has 0 aliphatic carbocycles. The number of hydrogen-bond acceptors (Lipinski definition) is 7. The predicted molar refractivity (Wildman–Crippen MR) is 129 cm³/mol. The first-order chi connectivity index (χ1) is 16.0. The average Bonchev–Trinajstić information content (AvgIpc) is 3.15. The summed E-state index contributed by atoms with van der Waals surface area (Å²) in [6.45, 7) is 0. The zero-order valence-corrected chi connectivity index (χ0v) is 19.1. The number of H-pyrrole nitrogens is 2. The third kappa shape index (κ3) is 4.30. The summed E-state index contributed by atoms with van der Waals surface area (Å²) < 4.78 is 2.14. The molecule has 0 saturated heterocycles. The average molecular weight is 524 g/mol. The van der Waals surface area contributed by atoms with Crippen LogP contribution in [0.15, 0.2) is 73.8 Å². The van der Waals surface area contributed by atoms with E-state index in [4.69, 9.17) is 0 Å². The van der Waals surface area contributed by atoms with Gasteiger partial charge in [0.1, 0.15) is 11.3 Å². The molecule has 0 saturated carbocycles. The van der Waals surface area contributed by atoms with Gasteiger partial charge in [0.25, 0.3) is 5.56 Å². The van der Waals surface area contributed by atoms with Crippen molar-refractivity contribution in [2.45, 2.75) is 5.16 Å². The highest BCUT2D eigenvalue weighted by Gasteiger charge is 2.14. The highest BCUT2D eigenvalue weighted by Crippen LogP contribution is 2.26. The number of nitrogens with zero attached hydrogens (tertiary/aromatic N) is 4. The van der Waals surface area contributed by atoms with Gasteiger partial charge in [0.15, 0.2) is 5.65 Å². The number of para-hydroxylation sites is 1. The summed E-state index contributed by atoms with van der Waals surface area (Å²) in [6, 6.07) is 15.6. The maximum atomic E-state index is 12.6. The monoisotopic (exact) mass is 523 g/mol. The predicted octanol–water partition coefficient (Wildman–Crippen LogP) is 2.84. The van der Waals surface area contributed by atoms with Crippen LogP contribution in [0.1, 0.15) is 0 Å². The van der Waals surface area contributed by atoms with Crippen molar-refractivity contribution in [1.82, 2.24) is 29.7 Å². The standard InChI is InChI=1S/C21H14BrN7O3S/c22-11-6-7-14-13(8-11)18-19(23-14)26-20(28-27-18)33-10-17(31)24-15-9-16(30)25-21(32)29(15)12-4-2-1-3-5-12/h1-9H,10H2,(H,24,31)(H,23,26,28)(H,25,30,32). The molecule has 0 radical (unpaired) electrons. The largest absolute Gasteiger partial charge is 0.338 e. The minimum atomic E-state index is -0.653. The molecule has 164 valence electrons. The Balaban J connectivity index is 1.36. The van der Waals surface area contributed by atoms with Gasteiger partial charge in [-0.05, 0) is 30.3 Å². The van der Waals surface area contributed by atoms with E-state index in [2.05, 4.69) is 46.4 Å². The summed E-state index contributed by atoms with van der Waals surface area (Å²) in [5.41, 5.74) is 1.32. The van der Waals surface area contributed by atoms with Crippen molar-refractivity contribution in [1.29, 1.82) is 0 Å². The number of nitrogens with one attached hydrogen (secondary N) is 3. The molecular formula is C21H14BrN7O3S. The van der Waals surface area contributed by atoms with E-state index in [1.54, 1.807) is 30.3 Å². The van der Waals surface area contributed by atoms with E-state index in [9.17, 15) is 14.4 Å². The van der Waals surface area contributed by atoms with Gasteiger partial charge in [0, 0.05) is 21.4 Å². The van der Waals surface area contributed by atoms with Gasteiger partial charge in [-0.2, -0.15) is 0 Å². The number of carbonyl (C=O) groups excluding carboxylic acids is 1. The molecule has 3 N–H and O–H groups in total. The molecule has 0 bridgehead atoms. The number of aromatic amines is 2. The minimum absolute atomic E-state index is 0.0469. The molecule has 3 aromatic heterocycles. The van der Waals surface area contributed by atoms with Crippen LogP contribution in [0.3, 0.4) is 0 Å². The summed E-state index contributed by atoms with van der Waals surface area (Å²) in [6.07, 6.45) is 0. The smallest absolute Gasteiger partial charge is 0.334 e. The molecule has 0 atom stereocenters. The lowest BCUT2D eigenvalue weighted by atomic mass is 10.2. The molecular weight excluding hydrogens is 510 g/mol. The fourth-order valence-corrected chi connectivity index (χ4v) is 4.27. The summed E-state index contributed by atoms with van der Waals surface area (Å²) in [5, 5.41) is 12.2. The molecule has 33 heavy (non-hydrogen) atoms. The van der Waals surface area contributed by atoms with E-state index in [-0.39, 0.29) is 11.6 Å². The van der Waals surface area contributed by atoms with Crippen LogP contribution in [-0.2, 0) is 4.79 Å². The van der Waals surface area contributed by atoms with Crippen molar-refractivity contribution in [2.24, 2.45) is 0 Å². The number of halogens is 1. The number of thioether (sulfide) groups is 1. The molecule has 0 spiro atoms. The van der Waals surface area contributed by atoms with Crippen LogP contribution < -0.4 is 16.6 Å². The van der Waals surface area contributed by atoms with Gasteiger partial charge in [0.2, 0.25) is 11.1 Å². The number of carbonyl (C=O) groups is 1. The topological polar surface area (TPSA) is 138 Å². The quantitative estimate of drug-likeness (QED) is 0.301. The Kier molecular flexibility index (Phi) is 5.52. The number of rotatable bonds is 5. The fourth-order valence-electron chi connectivity index (χ4n) is 3.32. The van der Waals surface area contributed by atoms with E-state index in [1.165, 1.54) is 4.57 Å². The van der Waals surface area contributed by atoms with Crippen LogP contribution in [0.25, 0.3) is 27.8 Å². The molecule has 0 aliphatic heterocycles. The Bertz CT molecular complexity index is 1630. The zero-order valence-electron chi connectivity index (χ0n) is 16.7.